The maximum Gasteiger partial charge on any atom is 0.335 e. The van der Waals surface area contributed by atoms with Gasteiger partial charge in [0.25, 0.3) is 11.8 Å². The lowest BCUT2D eigenvalue weighted by molar-refractivity contribution is -0.122. The van der Waals surface area contributed by atoms with Gasteiger partial charge in [-0.25, -0.2) is 14.1 Å². The zero-order chi connectivity index (χ0) is 24.4. The van der Waals surface area contributed by atoms with E-state index in [1.165, 1.54) is 18.2 Å². The van der Waals surface area contributed by atoms with E-state index in [4.69, 9.17) is 4.74 Å². The highest BCUT2D eigenvalue weighted by atomic mass is 19.1. The molecule has 0 unspecified atom stereocenters. The molecular weight excluding hydrogens is 449 g/mol. The number of para-hydroxylation sites is 2. The summed E-state index contributed by atoms with van der Waals surface area (Å²) in [5, 5.41) is 3.03. The average Bonchev–Trinajstić information content (AvgIpc) is 3.21. The number of carbonyl (C=O) groups is 3. The maximum absolute atomic E-state index is 13.3. The van der Waals surface area contributed by atoms with Crippen LogP contribution in [0, 0.1) is 5.82 Å². The minimum absolute atomic E-state index is 0.160. The molecule has 0 atom stereocenters. The molecule has 0 saturated carbocycles. The molecule has 7 nitrogen and oxygen atoms in total. The second kappa shape index (κ2) is 9.26. The summed E-state index contributed by atoms with van der Waals surface area (Å²) in [6.07, 6.45) is 3.31. The molecule has 1 aromatic heterocycles. The number of rotatable bonds is 6. The Morgan fingerprint density at radius 3 is 2.37 bits per heavy atom. The summed E-state index contributed by atoms with van der Waals surface area (Å²) < 4.78 is 21.1. The number of ether oxygens (including phenoxy) is 1. The number of imide groups is 2. The quantitative estimate of drug-likeness (QED) is 0.333. The Morgan fingerprint density at radius 2 is 1.60 bits per heavy atom. The Labute approximate surface area is 200 Å². The lowest BCUT2D eigenvalue weighted by atomic mass is 10.1. The molecular formula is C27H20FN3O4. The molecule has 1 saturated heterocycles. The number of aromatic nitrogens is 1. The van der Waals surface area contributed by atoms with Crippen LogP contribution in [0.3, 0.4) is 0 Å². The summed E-state index contributed by atoms with van der Waals surface area (Å²) >= 11 is 0. The molecule has 4 amide bonds. The first kappa shape index (κ1) is 22.1. The molecule has 35 heavy (non-hydrogen) atoms. The van der Waals surface area contributed by atoms with E-state index in [0.717, 1.165) is 33.7 Å². The number of anilines is 1. The average molecular weight is 469 g/mol. The van der Waals surface area contributed by atoms with Gasteiger partial charge in [0.2, 0.25) is 0 Å². The number of benzene rings is 3. The normalized spacial score (nSPS) is 15.1. The van der Waals surface area contributed by atoms with Crippen molar-refractivity contribution in [3.05, 3.63) is 102 Å². The zero-order valence-corrected chi connectivity index (χ0v) is 18.5. The van der Waals surface area contributed by atoms with E-state index in [-0.39, 0.29) is 11.3 Å². The van der Waals surface area contributed by atoms with E-state index < -0.39 is 23.7 Å². The molecule has 3 aromatic carbocycles. The van der Waals surface area contributed by atoms with Crippen LogP contribution in [0.5, 0.6) is 5.75 Å². The fourth-order valence-electron chi connectivity index (χ4n) is 3.99. The number of hydrogen-bond donors (Lipinski definition) is 1. The fraction of sp³-hybridized carbons (Fsp3) is 0.0741. The lowest BCUT2D eigenvalue weighted by Crippen LogP contribution is -2.54. The first-order chi connectivity index (χ1) is 17.0. The molecule has 174 valence electrons. The molecule has 0 radical (unpaired) electrons. The summed E-state index contributed by atoms with van der Waals surface area (Å²) in [7, 11) is 0. The Balaban J connectivity index is 1.46. The van der Waals surface area contributed by atoms with Crippen molar-refractivity contribution < 1.29 is 23.5 Å². The number of nitrogens with one attached hydrogen (secondary N) is 1. The molecule has 0 bridgehead atoms. The molecule has 0 spiro atoms. The van der Waals surface area contributed by atoms with E-state index in [0.29, 0.717) is 18.7 Å². The van der Waals surface area contributed by atoms with Gasteiger partial charge in [-0.2, -0.15) is 0 Å². The lowest BCUT2D eigenvalue weighted by Gasteiger charge is -2.26. The van der Waals surface area contributed by atoms with E-state index in [2.05, 4.69) is 5.32 Å². The van der Waals surface area contributed by atoms with Gasteiger partial charge in [0.1, 0.15) is 23.7 Å². The van der Waals surface area contributed by atoms with Crippen LogP contribution in [0.15, 0.2) is 90.6 Å². The van der Waals surface area contributed by atoms with Crippen LogP contribution in [0.1, 0.15) is 5.56 Å². The van der Waals surface area contributed by atoms with Crippen molar-refractivity contribution >= 4 is 40.5 Å². The number of hydrogen-bond acceptors (Lipinski definition) is 4. The van der Waals surface area contributed by atoms with Crippen LogP contribution < -0.4 is 15.0 Å². The Morgan fingerprint density at radius 1 is 0.886 bits per heavy atom. The Hall–Kier alpha value is -4.72. The third-order valence-electron chi connectivity index (χ3n) is 5.65. The topological polar surface area (TPSA) is 80.6 Å². The molecule has 1 aliphatic heterocycles. The number of carbonyl (C=O) groups excluding carboxylic acids is 3. The van der Waals surface area contributed by atoms with E-state index in [1.54, 1.807) is 0 Å². The minimum Gasteiger partial charge on any atom is -0.492 e. The van der Waals surface area contributed by atoms with Crippen LogP contribution in [0.4, 0.5) is 14.9 Å². The van der Waals surface area contributed by atoms with Crippen LogP contribution in [0.2, 0.25) is 0 Å². The van der Waals surface area contributed by atoms with Crippen molar-refractivity contribution in [1.29, 1.82) is 0 Å². The molecule has 5 rings (SSSR count). The number of barbiturate groups is 1. The molecule has 1 aliphatic rings. The Kier molecular flexibility index (Phi) is 5.85. The van der Waals surface area contributed by atoms with Gasteiger partial charge in [0.05, 0.1) is 12.2 Å². The number of urea groups is 1. The zero-order valence-electron chi connectivity index (χ0n) is 18.5. The molecule has 1 N–H and O–H groups in total. The van der Waals surface area contributed by atoms with Gasteiger partial charge in [-0.05, 0) is 48.5 Å². The number of nitrogens with zero attached hydrogens (tertiary/aromatic N) is 2. The standard InChI is InChI=1S/C27H20FN3O4/c28-19-10-12-20(13-11-19)31-26(33)23(25(32)29-27(31)34)16-18-17-30(24-9-5-4-8-22(18)24)14-15-35-21-6-2-1-3-7-21/h1-13,16-17H,14-15H2,(H,29,32,34). The van der Waals surface area contributed by atoms with E-state index in [1.807, 2.05) is 65.4 Å². The van der Waals surface area contributed by atoms with Gasteiger partial charge >= 0.3 is 6.03 Å². The van der Waals surface area contributed by atoms with E-state index in [9.17, 15) is 18.8 Å². The highest BCUT2D eigenvalue weighted by Gasteiger charge is 2.37. The van der Waals surface area contributed by atoms with Crippen molar-refractivity contribution in [2.75, 3.05) is 11.5 Å². The summed E-state index contributed by atoms with van der Waals surface area (Å²) in [6.45, 7) is 0.962. The van der Waals surface area contributed by atoms with Gasteiger partial charge in [-0.15, -0.1) is 0 Å². The van der Waals surface area contributed by atoms with Crippen LogP contribution >= 0.6 is 0 Å². The fourth-order valence-corrected chi connectivity index (χ4v) is 3.99. The van der Waals surface area contributed by atoms with Gasteiger partial charge in [-0.1, -0.05) is 36.4 Å². The summed E-state index contributed by atoms with van der Waals surface area (Å²) in [6, 6.07) is 21.1. The second-order valence-electron chi connectivity index (χ2n) is 7.89. The largest absolute Gasteiger partial charge is 0.492 e. The van der Waals surface area contributed by atoms with Crippen LogP contribution in [-0.4, -0.2) is 29.0 Å². The smallest absolute Gasteiger partial charge is 0.335 e. The highest BCUT2D eigenvalue weighted by Crippen LogP contribution is 2.27. The third kappa shape index (κ3) is 4.41. The molecule has 4 aromatic rings. The van der Waals surface area contributed by atoms with Crippen molar-refractivity contribution in [3.63, 3.8) is 0 Å². The summed E-state index contributed by atoms with van der Waals surface area (Å²) in [5.74, 6) is -1.31. The van der Waals surface area contributed by atoms with Gasteiger partial charge < -0.3 is 9.30 Å². The predicted octanol–water partition coefficient (Wildman–Crippen LogP) is 4.53. The van der Waals surface area contributed by atoms with Crippen molar-refractivity contribution in [2.24, 2.45) is 0 Å². The van der Waals surface area contributed by atoms with Crippen molar-refractivity contribution in [3.8, 4) is 5.75 Å². The SMILES string of the molecule is O=C1NC(=O)N(c2ccc(F)cc2)C(=O)C1=Cc1cn(CCOc2ccccc2)c2ccccc12. The predicted molar refractivity (Wildman–Crippen MR) is 129 cm³/mol. The van der Waals surface area contributed by atoms with Crippen LogP contribution in [-0.2, 0) is 16.1 Å². The van der Waals surface area contributed by atoms with Gasteiger partial charge in [-0.3, -0.25) is 14.9 Å². The minimum atomic E-state index is -0.885. The summed E-state index contributed by atoms with van der Waals surface area (Å²) in [4.78, 5) is 39.0. The second-order valence-corrected chi connectivity index (χ2v) is 7.89. The molecule has 2 heterocycles. The van der Waals surface area contributed by atoms with Crippen molar-refractivity contribution in [2.45, 2.75) is 6.54 Å². The first-order valence-corrected chi connectivity index (χ1v) is 10.9. The van der Waals surface area contributed by atoms with Gasteiger partial charge in [0, 0.05) is 22.7 Å². The van der Waals surface area contributed by atoms with Crippen LogP contribution in [0.25, 0.3) is 17.0 Å². The number of amides is 4. The Bertz CT molecular complexity index is 1460. The number of halogens is 1. The molecule has 8 heteroatoms. The molecule has 1 fully saturated rings. The first-order valence-electron chi connectivity index (χ1n) is 10.9. The summed E-state index contributed by atoms with van der Waals surface area (Å²) in [5.41, 5.74) is 1.52. The monoisotopic (exact) mass is 469 g/mol. The third-order valence-corrected chi connectivity index (χ3v) is 5.65. The van der Waals surface area contributed by atoms with E-state index >= 15 is 0 Å². The van der Waals surface area contributed by atoms with Crippen molar-refractivity contribution in [1.82, 2.24) is 9.88 Å². The maximum atomic E-state index is 13.3. The van der Waals surface area contributed by atoms with Gasteiger partial charge in [0.15, 0.2) is 0 Å². The molecule has 0 aliphatic carbocycles. The number of fused-ring (bicyclic) bond motifs is 1. The highest BCUT2D eigenvalue weighted by molar-refractivity contribution is 6.39.